The minimum absolute atomic E-state index is 0.0875. The number of carbonyl (C=O) groups is 1. The minimum atomic E-state index is -0.241. The van der Waals surface area contributed by atoms with E-state index in [0.29, 0.717) is 5.69 Å². The summed E-state index contributed by atoms with van der Waals surface area (Å²) in [6.07, 6.45) is 4.49. The summed E-state index contributed by atoms with van der Waals surface area (Å²) in [5.74, 6) is -0.0875. The van der Waals surface area contributed by atoms with E-state index >= 15 is 0 Å². The summed E-state index contributed by atoms with van der Waals surface area (Å²) in [5, 5.41) is 2.82. The zero-order chi connectivity index (χ0) is 15.4. The Bertz CT molecular complexity index is 740. The molecule has 0 spiro atoms. The van der Waals surface area contributed by atoms with Gasteiger partial charge in [0.25, 0.3) is 5.56 Å². The third-order valence-corrected chi connectivity index (χ3v) is 2.87. The monoisotopic (exact) mass is 283 g/mol. The molecule has 0 aromatic carbocycles. The molecule has 0 saturated heterocycles. The average molecular weight is 283 g/mol. The van der Waals surface area contributed by atoms with E-state index in [4.69, 9.17) is 0 Å². The van der Waals surface area contributed by atoms with Crippen LogP contribution in [0.5, 0.6) is 0 Å². The predicted molar refractivity (Wildman–Crippen MR) is 83.2 cm³/mol. The van der Waals surface area contributed by atoms with Crippen LogP contribution in [0.15, 0.2) is 41.5 Å². The molecule has 5 heteroatoms. The lowest BCUT2D eigenvalue weighted by molar-refractivity contribution is -0.112. The third kappa shape index (κ3) is 3.89. The van der Waals surface area contributed by atoms with Crippen LogP contribution in [0.3, 0.4) is 0 Å². The molecule has 0 bridgehead atoms. The van der Waals surface area contributed by atoms with Crippen molar-refractivity contribution in [2.45, 2.75) is 20.8 Å². The van der Waals surface area contributed by atoms with Gasteiger partial charge in [-0.05, 0) is 50.6 Å². The number of aromatic amines is 1. The molecule has 2 aromatic heterocycles. The average Bonchev–Trinajstić information content (AvgIpc) is 2.39. The molecule has 2 N–H and O–H groups in total. The number of carbonyl (C=O) groups excluding carboxylic acids is 1. The lowest BCUT2D eigenvalue weighted by atomic mass is 10.1. The SMILES string of the molecule is CC(=O)C=CNc1cc(-c2cc(C)nc(C)c2)c[nH]c1=O. The summed E-state index contributed by atoms with van der Waals surface area (Å²) in [5.41, 5.74) is 3.84. The predicted octanol–water partition coefficient (Wildman–Crippen LogP) is 2.57. The zero-order valence-electron chi connectivity index (χ0n) is 12.2. The van der Waals surface area contributed by atoms with Crippen LogP contribution in [0, 0.1) is 13.8 Å². The highest BCUT2D eigenvalue weighted by atomic mass is 16.1. The molecule has 21 heavy (non-hydrogen) atoms. The maximum Gasteiger partial charge on any atom is 0.271 e. The quantitative estimate of drug-likeness (QED) is 0.846. The first-order valence-corrected chi connectivity index (χ1v) is 6.58. The summed E-state index contributed by atoms with van der Waals surface area (Å²) in [6, 6.07) is 5.66. The first kappa shape index (κ1) is 14.7. The van der Waals surface area contributed by atoms with Crippen LogP contribution in [0.25, 0.3) is 11.1 Å². The molecule has 0 aliphatic heterocycles. The van der Waals surface area contributed by atoms with Gasteiger partial charge in [0.1, 0.15) is 5.69 Å². The number of nitrogens with zero attached hydrogens (tertiary/aromatic N) is 1. The summed E-state index contributed by atoms with van der Waals surface area (Å²) in [4.78, 5) is 29.6. The number of nitrogens with one attached hydrogen (secondary N) is 2. The van der Waals surface area contributed by atoms with Crippen molar-refractivity contribution in [3.05, 3.63) is 58.4 Å². The molecule has 0 amide bonds. The van der Waals surface area contributed by atoms with Crippen LogP contribution < -0.4 is 10.9 Å². The Labute approximate surface area is 122 Å². The fraction of sp³-hybridized carbons (Fsp3) is 0.188. The lowest BCUT2D eigenvalue weighted by Gasteiger charge is -2.06. The number of aromatic nitrogens is 2. The molecule has 5 nitrogen and oxygen atoms in total. The molecule has 2 heterocycles. The molecule has 0 fully saturated rings. The highest BCUT2D eigenvalue weighted by molar-refractivity contribution is 5.87. The Hall–Kier alpha value is -2.69. The van der Waals surface area contributed by atoms with E-state index in [0.717, 1.165) is 22.5 Å². The standard InChI is InChI=1S/C16H17N3O2/c1-10-6-13(7-11(2)19-10)14-8-15(16(21)18-9-14)17-5-4-12(3)20/h4-9,17H,1-3H3,(H,18,21). The van der Waals surface area contributed by atoms with Gasteiger partial charge in [0.15, 0.2) is 5.78 Å². The molecule has 0 aliphatic rings. The molecule has 2 rings (SSSR count). The van der Waals surface area contributed by atoms with Crippen LogP contribution >= 0.6 is 0 Å². The highest BCUT2D eigenvalue weighted by Gasteiger charge is 2.04. The molecule has 0 unspecified atom stereocenters. The van der Waals surface area contributed by atoms with Gasteiger partial charge >= 0.3 is 0 Å². The molecular formula is C16H17N3O2. The van der Waals surface area contributed by atoms with Crippen LogP contribution in [0.1, 0.15) is 18.3 Å². The van der Waals surface area contributed by atoms with Gasteiger partial charge in [0, 0.05) is 29.3 Å². The van der Waals surface area contributed by atoms with Gasteiger partial charge < -0.3 is 10.3 Å². The Kier molecular flexibility index (Phi) is 4.33. The van der Waals surface area contributed by atoms with E-state index in [1.807, 2.05) is 26.0 Å². The zero-order valence-corrected chi connectivity index (χ0v) is 12.2. The molecule has 108 valence electrons. The Balaban J connectivity index is 2.38. The summed E-state index contributed by atoms with van der Waals surface area (Å²) < 4.78 is 0. The summed E-state index contributed by atoms with van der Waals surface area (Å²) >= 11 is 0. The Morgan fingerprint density at radius 2 is 1.86 bits per heavy atom. The number of anilines is 1. The summed E-state index contributed by atoms with van der Waals surface area (Å²) in [6.45, 7) is 5.30. The number of H-pyrrole nitrogens is 1. The van der Waals surface area contributed by atoms with Crippen molar-refractivity contribution < 1.29 is 4.79 Å². The number of rotatable bonds is 4. The lowest BCUT2D eigenvalue weighted by Crippen LogP contribution is -2.10. The van der Waals surface area contributed by atoms with Crippen molar-refractivity contribution in [2.75, 3.05) is 5.32 Å². The van der Waals surface area contributed by atoms with Crippen molar-refractivity contribution in [3.63, 3.8) is 0 Å². The second kappa shape index (κ2) is 6.17. The normalized spacial score (nSPS) is 10.8. The van der Waals surface area contributed by atoms with Crippen molar-refractivity contribution in [1.29, 1.82) is 0 Å². The van der Waals surface area contributed by atoms with Crippen molar-refractivity contribution in [1.82, 2.24) is 9.97 Å². The molecular weight excluding hydrogens is 266 g/mol. The van der Waals surface area contributed by atoms with Crippen molar-refractivity contribution >= 4 is 11.5 Å². The van der Waals surface area contributed by atoms with Crippen LogP contribution in [-0.4, -0.2) is 15.8 Å². The van der Waals surface area contributed by atoms with Crippen LogP contribution in [-0.2, 0) is 4.79 Å². The number of aryl methyl sites for hydroxylation is 2. The second-order valence-corrected chi connectivity index (χ2v) is 4.86. The maximum absolute atomic E-state index is 11.8. The summed E-state index contributed by atoms with van der Waals surface area (Å²) in [7, 11) is 0. The number of pyridine rings is 2. The van der Waals surface area contributed by atoms with Gasteiger partial charge in [0.2, 0.25) is 0 Å². The van der Waals surface area contributed by atoms with Gasteiger partial charge in [-0.3, -0.25) is 14.6 Å². The molecule has 0 radical (unpaired) electrons. The smallest absolute Gasteiger partial charge is 0.271 e. The van der Waals surface area contributed by atoms with Crippen LogP contribution in [0.4, 0.5) is 5.69 Å². The molecule has 0 saturated carbocycles. The third-order valence-electron chi connectivity index (χ3n) is 2.87. The van der Waals surface area contributed by atoms with Crippen molar-refractivity contribution in [2.24, 2.45) is 0 Å². The first-order chi connectivity index (χ1) is 9.95. The fourth-order valence-corrected chi connectivity index (χ4v) is 2.01. The van der Waals surface area contributed by atoms with E-state index < -0.39 is 0 Å². The second-order valence-electron chi connectivity index (χ2n) is 4.86. The number of hydrogen-bond acceptors (Lipinski definition) is 4. The topological polar surface area (TPSA) is 74.8 Å². The van der Waals surface area contributed by atoms with E-state index in [9.17, 15) is 9.59 Å². The molecule has 0 atom stereocenters. The maximum atomic E-state index is 11.8. The van der Waals surface area contributed by atoms with E-state index in [1.165, 1.54) is 19.2 Å². The van der Waals surface area contributed by atoms with Gasteiger partial charge in [-0.2, -0.15) is 0 Å². The van der Waals surface area contributed by atoms with E-state index in [2.05, 4.69) is 15.3 Å². The molecule has 2 aromatic rings. The van der Waals surface area contributed by atoms with Gasteiger partial charge in [0.05, 0.1) is 0 Å². The number of ketones is 1. The highest BCUT2D eigenvalue weighted by Crippen LogP contribution is 2.21. The van der Waals surface area contributed by atoms with Gasteiger partial charge in [-0.25, -0.2) is 0 Å². The minimum Gasteiger partial charge on any atom is -0.357 e. The molecule has 0 aliphatic carbocycles. The van der Waals surface area contributed by atoms with Gasteiger partial charge in [-0.1, -0.05) is 0 Å². The Morgan fingerprint density at radius 3 is 2.48 bits per heavy atom. The van der Waals surface area contributed by atoms with Crippen LogP contribution in [0.2, 0.25) is 0 Å². The first-order valence-electron chi connectivity index (χ1n) is 6.58. The van der Waals surface area contributed by atoms with E-state index in [1.54, 1.807) is 12.3 Å². The van der Waals surface area contributed by atoms with Crippen molar-refractivity contribution in [3.8, 4) is 11.1 Å². The largest absolute Gasteiger partial charge is 0.357 e. The number of hydrogen-bond donors (Lipinski definition) is 2. The van der Waals surface area contributed by atoms with Gasteiger partial charge in [-0.15, -0.1) is 0 Å². The Morgan fingerprint density at radius 1 is 1.19 bits per heavy atom. The fourth-order valence-electron chi connectivity index (χ4n) is 2.01. The van der Waals surface area contributed by atoms with E-state index in [-0.39, 0.29) is 11.3 Å². The number of allylic oxidation sites excluding steroid dienone is 1.